The highest BCUT2D eigenvalue weighted by Gasteiger charge is 2.08. The second kappa shape index (κ2) is 10.2. The number of thiophene rings is 1. The van der Waals surface area contributed by atoms with Crippen molar-refractivity contribution in [3.63, 3.8) is 0 Å². The SMILES string of the molecule is CCCCN(CCCC)CCCC(=O)c1cccs1. The largest absolute Gasteiger partial charge is 0.303 e. The maximum absolute atomic E-state index is 11.9. The Balaban J connectivity index is 2.24. The number of carbonyl (C=O) groups is 1. The van der Waals surface area contributed by atoms with Gasteiger partial charge in [0.2, 0.25) is 0 Å². The van der Waals surface area contributed by atoms with Crippen LogP contribution in [0.25, 0.3) is 0 Å². The predicted octanol–water partition coefficient (Wildman–Crippen LogP) is 4.61. The second-order valence-corrected chi connectivity index (χ2v) is 6.00. The van der Waals surface area contributed by atoms with Gasteiger partial charge >= 0.3 is 0 Å². The van der Waals surface area contributed by atoms with Crippen LogP contribution in [-0.4, -0.2) is 30.3 Å². The molecule has 2 nitrogen and oxygen atoms in total. The maximum atomic E-state index is 11.9. The zero-order chi connectivity index (χ0) is 13.9. The van der Waals surface area contributed by atoms with Crippen molar-refractivity contribution in [2.45, 2.75) is 52.4 Å². The lowest BCUT2D eigenvalue weighted by Gasteiger charge is -2.21. The monoisotopic (exact) mass is 281 g/mol. The minimum atomic E-state index is 0.306. The molecular formula is C16H27NOS. The highest BCUT2D eigenvalue weighted by Crippen LogP contribution is 2.12. The topological polar surface area (TPSA) is 20.3 Å². The molecule has 1 rings (SSSR count). The van der Waals surface area contributed by atoms with Crippen LogP contribution in [0.3, 0.4) is 0 Å². The van der Waals surface area contributed by atoms with Crippen molar-refractivity contribution >= 4 is 17.1 Å². The molecule has 0 aliphatic carbocycles. The van der Waals surface area contributed by atoms with Gasteiger partial charge in [-0.15, -0.1) is 11.3 Å². The third-order valence-electron chi connectivity index (χ3n) is 3.33. The molecule has 0 amide bonds. The standard InChI is InChI=1S/C16H27NOS/c1-3-5-11-17(12-6-4-2)13-7-9-15(18)16-10-8-14-19-16/h8,10,14H,3-7,9,11-13H2,1-2H3. The van der Waals surface area contributed by atoms with Crippen molar-refractivity contribution in [2.24, 2.45) is 0 Å². The minimum absolute atomic E-state index is 0.306. The number of Topliss-reactive ketones (excluding diaryl/α,β-unsaturated/α-hetero) is 1. The van der Waals surface area contributed by atoms with Crippen LogP contribution in [0.4, 0.5) is 0 Å². The second-order valence-electron chi connectivity index (χ2n) is 5.05. The molecule has 0 unspecified atom stereocenters. The highest BCUT2D eigenvalue weighted by molar-refractivity contribution is 7.12. The van der Waals surface area contributed by atoms with Crippen LogP contribution in [0, 0.1) is 0 Å². The van der Waals surface area contributed by atoms with Gasteiger partial charge < -0.3 is 4.90 Å². The molecule has 108 valence electrons. The third-order valence-corrected chi connectivity index (χ3v) is 4.24. The van der Waals surface area contributed by atoms with E-state index in [0.29, 0.717) is 12.2 Å². The zero-order valence-corrected chi connectivity index (χ0v) is 13.2. The molecule has 1 aromatic heterocycles. The smallest absolute Gasteiger partial charge is 0.172 e. The van der Waals surface area contributed by atoms with Gasteiger partial charge in [-0.1, -0.05) is 32.8 Å². The van der Waals surface area contributed by atoms with Gasteiger partial charge in [0.25, 0.3) is 0 Å². The molecule has 0 saturated heterocycles. The number of ketones is 1. The summed E-state index contributed by atoms with van der Waals surface area (Å²) in [5.74, 6) is 0.306. The Bertz CT molecular complexity index is 327. The van der Waals surface area contributed by atoms with Crippen LogP contribution < -0.4 is 0 Å². The molecule has 0 aromatic carbocycles. The Hall–Kier alpha value is -0.670. The molecule has 0 aliphatic rings. The summed E-state index contributed by atoms with van der Waals surface area (Å²) < 4.78 is 0. The van der Waals surface area contributed by atoms with E-state index in [2.05, 4.69) is 18.7 Å². The first-order chi connectivity index (χ1) is 9.27. The van der Waals surface area contributed by atoms with E-state index < -0.39 is 0 Å². The van der Waals surface area contributed by atoms with Crippen LogP contribution >= 0.6 is 11.3 Å². The van der Waals surface area contributed by atoms with E-state index in [-0.39, 0.29) is 0 Å². The summed E-state index contributed by atoms with van der Waals surface area (Å²) >= 11 is 1.55. The van der Waals surface area contributed by atoms with Crippen LogP contribution in [0.15, 0.2) is 17.5 Å². The van der Waals surface area contributed by atoms with E-state index in [1.807, 2.05) is 17.5 Å². The Kier molecular flexibility index (Phi) is 8.76. The van der Waals surface area contributed by atoms with Crippen molar-refractivity contribution in [3.8, 4) is 0 Å². The predicted molar refractivity (Wildman–Crippen MR) is 84.1 cm³/mol. The lowest BCUT2D eigenvalue weighted by Crippen LogP contribution is -2.27. The molecule has 0 spiro atoms. The van der Waals surface area contributed by atoms with Gasteiger partial charge in [-0.05, 0) is 50.3 Å². The summed E-state index contributed by atoms with van der Waals surface area (Å²) in [7, 11) is 0. The fraction of sp³-hybridized carbons (Fsp3) is 0.688. The fourth-order valence-corrected chi connectivity index (χ4v) is 2.82. The van der Waals surface area contributed by atoms with Crippen LogP contribution in [0.5, 0.6) is 0 Å². The first-order valence-corrected chi connectivity index (χ1v) is 8.45. The number of rotatable bonds is 11. The molecule has 0 atom stereocenters. The molecule has 0 aliphatic heterocycles. The molecular weight excluding hydrogens is 254 g/mol. The quantitative estimate of drug-likeness (QED) is 0.552. The van der Waals surface area contributed by atoms with Crippen molar-refractivity contribution in [2.75, 3.05) is 19.6 Å². The number of nitrogens with zero attached hydrogens (tertiary/aromatic N) is 1. The Morgan fingerprint density at radius 1 is 1.11 bits per heavy atom. The average Bonchev–Trinajstić information content (AvgIpc) is 2.95. The molecule has 0 fully saturated rings. The number of unbranched alkanes of at least 4 members (excludes halogenated alkanes) is 2. The van der Waals surface area contributed by atoms with Crippen LogP contribution in [-0.2, 0) is 0 Å². The van der Waals surface area contributed by atoms with Gasteiger partial charge in [0.15, 0.2) is 5.78 Å². The third kappa shape index (κ3) is 6.88. The van der Waals surface area contributed by atoms with E-state index in [4.69, 9.17) is 0 Å². The zero-order valence-electron chi connectivity index (χ0n) is 12.4. The molecule has 1 aromatic rings. The fourth-order valence-electron chi connectivity index (χ4n) is 2.12. The lowest BCUT2D eigenvalue weighted by molar-refractivity contribution is 0.0978. The van der Waals surface area contributed by atoms with E-state index >= 15 is 0 Å². The summed E-state index contributed by atoms with van der Waals surface area (Å²) in [6.07, 6.45) is 6.71. The Morgan fingerprint density at radius 3 is 2.26 bits per heavy atom. The summed E-state index contributed by atoms with van der Waals surface area (Å²) in [5, 5.41) is 1.97. The summed E-state index contributed by atoms with van der Waals surface area (Å²) in [4.78, 5) is 15.3. The Labute approximate surface area is 121 Å². The van der Waals surface area contributed by atoms with Gasteiger partial charge in [-0.3, -0.25) is 4.79 Å². The van der Waals surface area contributed by atoms with E-state index in [1.54, 1.807) is 11.3 Å². The maximum Gasteiger partial charge on any atom is 0.172 e. The normalized spacial score (nSPS) is 11.1. The molecule has 19 heavy (non-hydrogen) atoms. The first-order valence-electron chi connectivity index (χ1n) is 7.57. The molecule has 3 heteroatoms. The number of carbonyl (C=O) groups excluding carboxylic acids is 1. The van der Waals surface area contributed by atoms with Gasteiger partial charge in [-0.2, -0.15) is 0 Å². The molecule has 0 radical (unpaired) electrons. The van der Waals surface area contributed by atoms with E-state index in [1.165, 1.54) is 38.8 Å². The van der Waals surface area contributed by atoms with Crippen molar-refractivity contribution in [1.82, 2.24) is 4.90 Å². The lowest BCUT2D eigenvalue weighted by atomic mass is 10.1. The summed E-state index contributed by atoms with van der Waals surface area (Å²) in [6.45, 7) is 7.90. The molecule has 1 heterocycles. The van der Waals surface area contributed by atoms with Crippen molar-refractivity contribution in [3.05, 3.63) is 22.4 Å². The number of hydrogen-bond donors (Lipinski definition) is 0. The van der Waals surface area contributed by atoms with Gasteiger partial charge in [-0.25, -0.2) is 0 Å². The van der Waals surface area contributed by atoms with E-state index in [9.17, 15) is 4.79 Å². The van der Waals surface area contributed by atoms with Gasteiger partial charge in [0.1, 0.15) is 0 Å². The van der Waals surface area contributed by atoms with Gasteiger partial charge in [0, 0.05) is 6.42 Å². The molecule has 0 saturated carbocycles. The summed E-state index contributed by atoms with van der Waals surface area (Å²) in [5.41, 5.74) is 0. The van der Waals surface area contributed by atoms with Crippen molar-refractivity contribution < 1.29 is 4.79 Å². The van der Waals surface area contributed by atoms with Gasteiger partial charge in [0.05, 0.1) is 4.88 Å². The first kappa shape index (κ1) is 16.4. The molecule has 0 bridgehead atoms. The van der Waals surface area contributed by atoms with Crippen LogP contribution in [0.2, 0.25) is 0 Å². The minimum Gasteiger partial charge on any atom is -0.303 e. The number of hydrogen-bond acceptors (Lipinski definition) is 3. The van der Waals surface area contributed by atoms with Crippen molar-refractivity contribution in [1.29, 1.82) is 0 Å². The van der Waals surface area contributed by atoms with E-state index in [0.717, 1.165) is 17.8 Å². The highest BCUT2D eigenvalue weighted by atomic mass is 32.1. The average molecular weight is 281 g/mol. The molecule has 0 N–H and O–H groups in total. The van der Waals surface area contributed by atoms with Crippen LogP contribution in [0.1, 0.15) is 62.0 Å². The summed E-state index contributed by atoms with van der Waals surface area (Å²) in [6, 6.07) is 3.88. The Morgan fingerprint density at radius 2 is 1.74 bits per heavy atom.